The Labute approximate surface area is 327 Å². The summed E-state index contributed by atoms with van der Waals surface area (Å²) in [6.45, 7) is 18.7. The van der Waals surface area contributed by atoms with E-state index >= 15 is 0 Å². The lowest BCUT2D eigenvalue weighted by atomic mass is 10.1. The highest BCUT2D eigenvalue weighted by Gasteiger charge is 2.11. The average Bonchev–Trinajstić information content (AvgIpc) is 4.00. The lowest BCUT2D eigenvalue weighted by molar-refractivity contribution is 0.530. The van der Waals surface area contributed by atoms with E-state index in [4.69, 9.17) is 17.2 Å². The summed E-state index contributed by atoms with van der Waals surface area (Å²) in [7, 11) is 0. The summed E-state index contributed by atoms with van der Waals surface area (Å²) in [6, 6.07) is 33.6. The molecule has 0 aliphatic rings. The number of fused-ring (bicyclic) bond motifs is 2. The fourth-order valence-electron chi connectivity index (χ4n) is 5.83. The Morgan fingerprint density at radius 1 is 0.545 bits per heavy atom. The second-order valence-corrected chi connectivity index (χ2v) is 15.3. The smallest absolute Gasteiger partial charge is 0.153 e. The molecular weight excluding hydrogens is 705 g/mol. The van der Waals surface area contributed by atoms with Crippen molar-refractivity contribution in [2.24, 2.45) is 0 Å². The number of nitrogens with two attached hydrogens (primary N) is 3. The Hall–Kier alpha value is -5.95. The maximum absolute atomic E-state index is 5.91. The van der Waals surface area contributed by atoms with Crippen molar-refractivity contribution >= 4 is 50.7 Å². The van der Waals surface area contributed by atoms with Crippen LogP contribution in [0.5, 0.6) is 0 Å². The third kappa shape index (κ3) is 9.78. The summed E-state index contributed by atoms with van der Waals surface area (Å²) >= 11 is 1.68. The summed E-state index contributed by atoms with van der Waals surface area (Å²) in [5.41, 5.74) is 25.0. The highest BCUT2D eigenvalue weighted by molar-refractivity contribution is 7.13. The number of nitrogens with zero attached hydrogens (tertiary/aromatic N) is 9. The number of hydrogen-bond acceptors (Lipinski definition) is 9. The van der Waals surface area contributed by atoms with Crippen LogP contribution in [0.15, 0.2) is 102 Å². The largest absolute Gasteiger partial charge is 0.384 e. The number of thiophene rings is 1. The van der Waals surface area contributed by atoms with Gasteiger partial charge in [0.05, 0.1) is 21.6 Å². The third-order valence-electron chi connectivity index (χ3n) is 8.63. The molecule has 0 saturated carbocycles. The molecule has 55 heavy (non-hydrogen) atoms. The van der Waals surface area contributed by atoms with Gasteiger partial charge in [-0.25, -0.2) is 14.0 Å². The maximum atomic E-state index is 5.91. The van der Waals surface area contributed by atoms with E-state index in [0.717, 1.165) is 49.6 Å². The number of anilines is 3. The Bertz CT molecular complexity index is 2390. The van der Waals surface area contributed by atoms with Gasteiger partial charge in [0, 0.05) is 47.2 Å². The second kappa shape index (κ2) is 17.9. The van der Waals surface area contributed by atoms with Gasteiger partial charge in [-0.3, -0.25) is 4.68 Å². The van der Waals surface area contributed by atoms with Crippen molar-refractivity contribution in [2.45, 2.75) is 86.5 Å². The van der Waals surface area contributed by atoms with E-state index in [-0.39, 0.29) is 0 Å². The maximum Gasteiger partial charge on any atom is 0.153 e. The predicted molar refractivity (Wildman–Crippen MR) is 230 cm³/mol. The molecular formula is C42H54N12S. The minimum atomic E-state index is 0.291. The van der Waals surface area contributed by atoms with E-state index < -0.39 is 0 Å². The predicted octanol–water partition coefficient (Wildman–Crippen LogP) is 10.0. The molecule has 0 spiro atoms. The quantitative estimate of drug-likeness (QED) is 0.151. The Morgan fingerprint density at radius 2 is 1.09 bits per heavy atom. The molecule has 13 heteroatoms. The molecule has 0 amide bonds. The topological polar surface area (TPSA) is 162 Å². The number of para-hydroxylation sites is 2. The molecule has 12 nitrogen and oxygen atoms in total. The number of aromatic nitrogens is 9. The second-order valence-electron chi connectivity index (χ2n) is 14.4. The SMILES string of the molecule is CC(C)n1nc(-c2cccs2)cc1N.CC(C)n1nc(N)c2ccccc21.CC(C)n1nnc2ccccc21.Cc1ccc(-c2cc(N)n(C(C)C)n2)cc1. The molecule has 0 bridgehead atoms. The number of hydrogen-bond donors (Lipinski definition) is 3. The van der Waals surface area contributed by atoms with Gasteiger partial charge in [0.2, 0.25) is 0 Å². The number of benzene rings is 3. The van der Waals surface area contributed by atoms with Crippen LogP contribution in [0.1, 0.15) is 85.1 Å². The molecule has 5 heterocycles. The molecule has 8 aromatic rings. The molecule has 0 saturated heterocycles. The molecule has 0 aliphatic heterocycles. The molecule has 0 unspecified atom stereocenters. The van der Waals surface area contributed by atoms with E-state index in [1.165, 1.54) is 5.56 Å². The van der Waals surface area contributed by atoms with E-state index in [9.17, 15) is 0 Å². The van der Waals surface area contributed by atoms with Crippen LogP contribution in [0.3, 0.4) is 0 Å². The molecule has 3 aromatic carbocycles. The van der Waals surface area contributed by atoms with Crippen molar-refractivity contribution in [1.29, 1.82) is 0 Å². The summed E-state index contributed by atoms with van der Waals surface area (Å²) in [5, 5.41) is 24.4. The number of aryl methyl sites for hydroxylation is 1. The molecule has 0 fully saturated rings. The van der Waals surface area contributed by atoms with Crippen molar-refractivity contribution in [2.75, 3.05) is 17.2 Å². The van der Waals surface area contributed by atoms with Crippen molar-refractivity contribution < 1.29 is 0 Å². The van der Waals surface area contributed by atoms with Crippen molar-refractivity contribution in [3.8, 4) is 21.8 Å². The summed E-state index contributed by atoms with van der Waals surface area (Å²) in [6.07, 6.45) is 0. The van der Waals surface area contributed by atoms with Crippen LogP contribution in [0.25, 0.3) is 43.8 Å². The highest BCUT2D eigenvalue weighted by atomic mass is 32.1. The van der Waals surface area contributed by atoms with Gasteiger partial charge in [0.25, 0.3) is 0 Å². The lowest BCUT2D eigenvalue weighted by Crippen LogP contribution is -2.06. The van der Waals surface area contributed by atoms with Crippen molar-refractivity contribution in [1.82, 2.24) is 44.3 Å². The van der Waals surface area contributed by atoms with Crippen LogP contribution >= 0.6 is 11.3 Å². The van der Waals surface area contributed by atoms with Crippen molar-refractivity contribution in [3.05, 3.63) is 108 Å². The van der Waals surface area contributed by atoms with Gasteiger partial charge in [-0.2, -0.15) is 15.3 Å². The minimum absolute atomic E-state index is 0.291. The number of nitrogen functional groups attached to an aromatic ring is 3. The Kier molecular flexibility index (Phi) is 13.1. The Morgan fingerprint density at radius 3 is 1.65 bits per heavy atom. The van der Waals surface area contributed by atoms with Gasteiger partial charge >= 0.3 is 0 Å². The summed E-state index contributed by atoms with van der Waals surface area (Å²) < 4.78 is 7.56. The van der Waals surface area contributed by atoms with Gasteiger partial charge in [-0.15, -0.1) is 16.4 Å². The summed E-state index contributed by atoms with van der Waals surface area (Å²) in [4.78, 5) is 1.16. The van der Waals surface area contributed by atoms with Gasteiger partial charge in [-0.05, 0) is 98.0 Å². The van der Waals surface area contributed by atoms with Crippen LogP contribution < -0.4 is 17.2 Å². The molecule has 0 aliphatic carbocycles. The number of rotatable bonds is 6. The van der Waals surface area contributed by atoms with Crippen LogP contribution in [0, 0.1) is 6.92 Å². The van der Waals surface area contributed by atoms with Gasteiger partial charge in [-0.1, -0.05) is 65.4 Å². The first-order chi connectivity index (χ1) is 26.2. The fraction of sp³-hybridized carbons (Fsp3) is 0.310. The molecule has 8 rings (SSSR count). The molecule has 288 valence electrons. The van der Waals surface area contributed by atoms with E-state index in [0.29, 0.717) is 35.8 Å². The van der Waals surface area contributed by atoms with Crippen LogP contribution in [0.2, 0.25) is 0 Å². The summed E-state index contributed by atoms with van der Waals surface area (Å²) in [5.74, 6) is 2.05. The molecule has 0 atom stereocenters. The first-order valence-corrected chi connectivity index (χ1v) is 19.5. The first-order valence-electron chi connectivity index (χ1n) is 18.6. The first kappa shape index (κ1) is 40.2. The minimum Gasteiger partial charge on any atom is -0.384 e. The van der Waals surface area contributed by atoms with E-state index in [2.05, 4.69) is 118 Å². The zero-order chi connectivity index (χ0) is 39.8. The lowest BCUT2D eigenvalue weighted by Gasteiger charge is -2.06. The van der Waals surface area contributed by atoms with Crippen LogP contribution in [-0.2, 0) is 0 Å². The normalized spacial score (nSPS) is 11.1. The van der Waals surface area contributed by atoms with Crippen LogP contribution in [-0.4, -0.2) is 44.3 Å². The van der Waals surface area contributed by atoms with Gasteiger partial charge in [0.15, 0.2) is 5.82 Å². The molecule has 5 aromatic heterocycles. The zero-order valence-electron chi connectivity index (χ0n) is 33.3. The van der Waals surface area contributed by atoms with Gasteiger partial charge in [0.1, 0.15) is 22.8 Å². The van der Waals surface area contributed by atoms with Gasteiger partial charge < -0.3 is 17.2 Å². The van der Waals surface area contributed by atoms with E-state index in [1.807, 2.05) is 90.8 Å². The fourth-order valence-corrected chi connectivity index (χ4v) is 6.51. The molecule has 0 radical (unpaired) electrons. The Balaban J connectivity index is 0.000000141. The van der Waals surface area contributed by atoms with Crippen LogP contribution in [0.4, 0.5) is 17.5 Å². The van der Waals surface area contributed by atoms with Crippen molar-refractivity contribution in [3.63, 3.8) is 0 Å². The zero-order valence-corrected chi connectivity index (χ0v) is 34.1. The highest BCUT2D eigenvalue weighted by Crippen LogP contribution is 2.27. The van der Waals surface area contributed by atoms with E-state index in [1.54, 1.807) is 11.3 Å². The average molecular weight is 759 g/mol. The monoisotopic (exact) mass is 758 g/mol. The molecule has 6 N–H and O–H groups in total. The third-order valence-corrected chi connectivity index (χ3v) is 9.52. The standard InChI is InChI=1S/C13H17N3.C10H13N3S.C10H13N3.C9H11N3/c1-9(2)16-13(14)8-12(15-16)11-6-4-10(3)5-7-11;1-7(2)13-10(11)6-8(12-13)9-4-3-5-14-9;1-7(2)13-9-6-4-3-5-8(9)10(11)12-13;1-7(2)12-9-6-4-3-5-8(9)10-11-12/h4-9H,14H2,1-3H3;3-7H,11H2,1-2H3;3-7H,1-2H3,(H2,11,12);3-7H,1-2H3.